The summed E-state index contributed by atoms with van der Waals surface area (Å²) < 4.78 is 5.43. The van der Waals surface area contributed by atoms with Gasteiger partial charge < -0.3 is 19.9 Å². The molecule has 0 spiro atoms. The van der Waals surface area contributed by atoms with Crippen molar-refractivity contribution >= 4 is 17.5 Å². The Balaban J connectivity index is 1.81. The van der Waals surface area contributed by atoms with Gasteiger partial charge in [-0.2, -0.15) is 0 Å². The predicted molar refractivity (Wildman–Crippen MR) is 100 cm³/mol. The molecule has 2 amide bonds. The molecule has 1 N–H and O–H groups in total. The largest absolute Gasteiger partial charge is 0.482 e. The summed E-state index contributed by atoms with van der Waals surface area (Å²) >= 11 is 0. The van der Waals surface area contributed by atoms with Crippen molar-refractivity contribution in [1.29, 1.82) is 0 Å². The second kappa shape index (κ2) is 8.01. The molecule has 0 aromatic heterocycles. The first kappa shape index (κ1) is 17.9. The lowest BCUT2D eigenvalue weighted by atomic mass is 10.1. The van der Waals surface area contributed by atoms with Crippen LogP contribution in [0.3, 0.4) is 0 Å². The van der Waals surface area contributed by atoms with Gasteiger partial charge in [-0.25, -0.2) is 0 Å². The van der Waals surface area contributed by atoms with Crippen molar-refractivity contribution in [3.8, 4) is 5.75 Å². The number of nitrogens with zero attached hydrogens (tertiary/aromatic N) is 2. The Morgan fingerprint density at radius 3 is 2.62 bits per heavy atom. The summed E-state index contributed by atoms with van der Waals surface area (Å²) in [5.74, 6) is 0.287. The first-order valence-electron chi connectivity index (χ1n) is 8.57. The molecule has 3 rings (SSSR count). The molecule has 0 saturated carbocycles. The number of anilines is 1. The van der Waals surface area contributed by atoms with Gasteiger partial charge in [-0.05, 0) is 37.9 Å². The lowest BCUT2D eigenvalue weighted by molar-refractivity contribution is -0.118. The number of nitrogens with one attached hydrogen (secondary N) is 1. The van der Waals surface area contributed by atoms with Crippen molar-refractivity contribution in [1.82, 2.24) is 9.80 Å². The number of likely N-dealkylation sites (N-methyl/N-ethyl adjacent to an activating group) is 1. The highest BCUT2D eigenvalue weighted by atomic mass is 16.5. The molecule has 6 heteroatoms. The molecule has 26 heavy (non-hydrogen) atoms. The molecule has 0 atom stereocenters. The Morgan fingerprint density at radius 1 is 1.12 bits per heavy atom. The lowest BCUT2D eigenvalue weighted by Gasteiger charge is -2.25. The summed E-state index contributed by atoms with van der Waals surface area (Å²) in [7, 11) is 3.97. The number of ether oxygens (including phenoxy) is 1. The number of amides is 2. The van der Waals surface area contributed by atoms with Crippen LogP contribution in [-0.4, -0.2) is 55.4 Å². The van der Waals surface area contributed by atoms with Crippen LogP contribution in [0.4, 0.5) is 5.69 Å². The van der Waals surface area contributed by atoms with E-state index in [4.69, 9.17) is 4.74 Å². The number of rotatable bonds is 6. The molecule has 0 fully saturated rings. The molecular formula is C20H23N3O3. The lowest BCUT2D eigenvalue weighted by Crippen LogP contribution is -2.36. The molecular weight excluding hydrogens is 330 g/mol. The first-order chi connectivity index (χ1) is 12.5. The van der Waals surface area contributed by atoms with Crippen LogP contribution in [-0.2, 0) is 11.3 Å². The normalized spacial score (nSPS) is 13.0. The van der Waals surface area contributed by atoms with Crippen LogP contribution in [0, 0.1) is 0 Å². The Kier molecular flexibility index (Phi) is 5.53. The summed E-state index contributed by atoms with van der Waals surface area (Å²) in [6, 6.07) is 15.1. The SMILES string of the molecule is CN(C)CCN(Cc1ccccc1)C(=O)c1ccc2c(c1)OCC(=O)N2. The van der Waals surface area contributed by atoms with Gasteiger partial charge in [0.25, 0.3) is 11.8 Å². The highest BCUT2D eigenvalue weighted by molar-refractivity contribution is 5.99. The number of hydrogen-bond donors (Lipinski definition) is 1. The van der Waals surface area contributed by atoms with Gasteiger partial charge in [-0.3, -0.25) is 9.59 Å². The van der Waals surface area contributed by atoms with E-state index in [2.05, 4.69) is 10.2 Å². The van der Waals surface area contributed by atoms with Crippen molar-refractivity contribution in [2.75, 3.05) is 39.1 Å². The minimum atomic E-state index is -0.187. The zero-order valence-electron chi connectivity index (χ0n) is 15.1. The van der Waals surface area contributed by atoms with Crippen LogP contribution in [0.2, 0.25) is 0 Å². The third kappa shape index (κ3) is 4.40. The smallest absolute Gasteiger partial charge is 0.262 e. The van der Waals surface area contributed by atoms with Gasteiger partial charge >= 0.3 is 0 Å². The van der Waals surface area contributed by atoms with E-state index in [-0.39, 0.29) is 18.4 Å². The fourth-order valence-electron chi connectivity index (χ4n) is 2.77. The molecule has 0 saturated heterocycles. The molecule has 0 bridgehead atoms. The van der Waals surface area contributed by atoms with E-state index < -0.39 is 0 Å². The summed E-state index contributed by atoms with van der Waals surface area (Å²) in [5.41, 5.74) is 2.23. The van der Waals surface area contributed by atoms with Crippen LogP contribution in [0.1, 0.15) is 15.9 Å². The minimum absolute atomic E-state index is 0.0288. The van der Waals surface area contributed by atoms with Gasteiger partial charge in [0.2, 0.25) is 0 Å². The van der Waals surface area contributed by atoms with E-state index in [0.717, 1.165) is 12.1 Å². The molecule has 2 aromatic rings. The average molecular weight is 353 g/mol. The van der Waals surface area contributed by atoms with Crippen LogP contribution in [0.15, 0.2) is 48.5 Å². The average Bonchev–Trinajstić information content (AvgIpc) is 2.64. The van der Waals surface area contributed by atoms with E-state index in [9.17, 15) is 9.59 Å². The fraction of sp³-hybridized carbons (Fsp3) is 0.300. The molecule has 1 heterocycles. The van der Waals surface area contributed by atoms with E-state index in [1.807, 2.05) is 49.3 Å². The molecule has 2 aromatic carbocycles. The Bertz CT molecular complexity index is 790. The van der Waals surface area contributed by atoms with Crippen molar-refractivity contribution in [3.05, 3.63) is 59.7 Å². The maximum absolute atomic E-state index is 13.1. The van der Waals surface area contributed by atoms with Gasteiger partial charge in [0, 0.05) is 25.2 Å². The fourth-order valence-corrected chi connectivity index (χ4v) is 2.77. The van der Waals surface area contributed by atoms with Crippen molar-refractivity contribution in [2.24, 2.45) is 0 Å². The summed E-state index contributed by atoms with van der Waals surface area (Å²) in [5, 5.41) is 2.74. The summed E-state index contributed by atoms with van der Waals surface area (Å²) in [6.45, 7) is 1.91. The summed E-state index contributed by atoms with van der Waals surface area (Å²) in [6.07, 6.45) is 0. The topological polar surface area (TPSA) is 61.9 Å². The standard InChI is InChI=1S/C20H23N3O3/c1-22(2)10-11-23(13-15-6-4-3-5-7-15)20(25)16-8-9-17-18(12-16)26-14-19(24)21-17/h3-9,12H,10-11,13-14H2,1-2H3,(H,21,24). The number of hydrogen-bond acceptors (Lipinski definition) is 4. The van der Waals surface area contributed by atoms with E-state index in [1.54, 1.807) is 18.2 Å². The summed E-state index contributed by atoms with van der Waals surface area (Å²) in [4.78, 5) is 28.3. The second-order valence-electron chi connectivity index (χ2n) is 6.56. The highest BCUT2D eigenvalue weighted by Crippen LogP contribution is 2.29. The van der Waals surface area contributed by atoms with Crippen molar-refractivity contribution < 1.29 is 14.3 Å². The third-order valence-corrected chi connectivity index (χ3v) is 4.18. The van der Waals surface area contributed by atoms with Gasteiger partial charge in [-0.15, -0.1) is 0 Å². The van der Waals surface area contributed by atoms with E-state index >= 15 is 0 Å². The molecule has 1 aliphatic heterocycles. The Labute approximate surface area is 153 Å². The van der Waals surface area contributed by atoms with E-state index in [0.29, 0.717) is 30.1 Å². The molecule has 0 aliphatic carbocycles. The van der Waals surface area contributed by atoms with Crippen molar-refractivity contribution in [3.63, 3.8) is 0 Å². The zero-order chi connectivity index (χ0) is 18.5. The Hall–Kier alpha value is -2.86. The number of carbonyl (C=O) groups excluding carboxylic acids is 2. The van der Waals surface area contributed by atoms with Gasteiger partial charge in [0.05, 0.1) is 5.69 Å². The van der Waals surface area contributed by atoms with Gasteiger partial charge in [0.15, 0.2) is 6.61 Å². The van der Waals surface area contributed by atoms with Gasteiger partial charge in [0.1, 0.15) is 5.75 Å². The zero-order valence-corrected chi connectivity index (χ0v) is 15.1. The van der Waals surface area contributed by atoms with Crippen molar-refractivity contribution in [2.45, 2.75) is 6.54 Å². The molecule has 6 nitrogen and oxygen atoms in total. The monoisotopic (exact) mass is 353 g/mol. The van der Waals surface area contributed by atoms with Crippen LogP contribution >= 0.6 is 0 Å². The third-order valence-electron chi connectivity index (χ3n) is 4.18. The molecule has 0 unspecified atom stereocenters. The van der Waals surface area contributed by atoms with Crippen LogP contribution in [0.5, 0.6) is 5.75 Å². The number of fused-ring (bicyclic) bond motifs is 1. The highest BCUT2D eigenvalue weighted by Gasteiger charge is 2.21. The quantitative estimate of drug-likeness (QED) is 0.865. The second-order valence-corrected chi connectivity index (χ2v) is 6.56. The maximum atomic E-state index is 13.1. The maximum Gasteiger partial charge on any atom is 0.262 e. The minimum Gasteiger partial charge on any atom is -0.482 e. The molecule has 0 radical (unpaired) electrons. The van der Waals surface area contributed by atoms with Crippen LogP contribution in [0.25, 0.3) is 0 Å². The molecule has 136 valence electrons. The number of carbonyl (C=O) groups is 2. The molecule has 1 aliphatic rings. The van der Waals surface area contributed by atoms with Crippen LogP contribution < -0.4 is 10.1 Å². The predicted octanol–water partition coefficient (Wildman–Crippen LogP) is 2.22. The Morgan fingerprint density at radius 2 is 1.88 bits per heavy atom. The van der Waals surface area contributed by atoms with E-state index in [1.165, 1.54) is 0 Å². The number of benzene rings is 2. The van der Waals surface area contributed by atoms with Gasteiger partial charge in [-0.1, -0.05) is 30.3 Å². The first-order valence-corrected chi connectivity index (χ1v) is 8.57.